The summed E-state index contributed by atoms with van der Waals surface area (Å²) in [6.45, 7) is 11.5. The number of hydrogen-bond donors (Lipinski definition) is 0. The second-order valence-electron chi connectivity index (χ2n) is 5.06. The van der Waals surface area contributed by atoms with Gasteiger partial charge in [0.25, 0.3) is 0 Å². The fourth-order valence-corrected chi connectivity index (χ4v) is 10.3. The molecule has 1 rings (SSSR count). The van der Waals surface area contributed by atoms with Crippen LogP contribution in [0.5, 0.6) is 0 Å². The Morgan fingerprint density at radius 1 is 1.38 bits per heavy atom. The van der Waals surface area contributed by atoms with E-state index in [4.69, 9.17) is 0 Å². The first-order valence-corrected chi connectivity index (χ1v) is 9.68. The van der Waals surface area contributed by atoms with Gasteiger partial charge in [-0.2, -0.15) is 0 Å². The number of rotatable bonds is 2. The molecule has 0 fully saturated rings. The SMILES string of the molecule is CC(C)c1nc[c]([SnH2][C](C)(C)C)s1. The summed E-state index contributed by atoms with van der Waals surface area (Å²) >= 11 is 1.17. The van der Waals surface area contributed by atoms with Gasteiger partial charge in [-0.25, -0.2) is 0 Å². The van der Waals surface area contributed by atoms with E-state index in [1.165, 1.54) is 5.01 Å². The average molecular weight is 304 g/mol. The molecule has 3 heteroatoms. The van der Waals surface area contributed by atoms with E-state index < -0.39 is 21.1 Å². The van der Waals surface area contributed by atoms with Crippen LogP contribution in [0.3, 0.4) is 0 Å². The van der Waals surface area contributed by atoms with Crippen molar-refractivity contribution in [3.63, 3.8) is 0 Å². The van der Waals surface area contributed by atoms with Gasteiger partial charge in [-0.1, -0.05) is 0 Å². The molecule has 0 spiro atoms. The molecule has 0 saturated heterocycles. The van der Waals surface area contributed by atoms with Crippen molar-refractivity contribution in [2.45, 2.75) is 44.0 Å². The molecule has 0 aliphatic rings. The Morgan fingerprint density at radius 3 is 2.38 bits per heavy atom. The molecule has 0 bridgehead atoms. The van der Waals surface area contributed by atoms with Crippen LogP contribution < -0.4 is 2.89 Å². The van der Waals surface area contributed by atoms with Crippen LogP contribution in [0, 0.1) is 0 Å². The zero-order valence-electron chi connectivity index (χ0n) is 9.22. The van der Waals surface area contributed by atoms with Gasteiger partial charge < -0.3 is 0 Å². The molecule has 0 amide bonds. The molecule has 0 aromatic carbocycles. The minimum atomic E-state index is -0.776. The first-order valence-electron chi connectivity index (χ1n) is 4.83. The van der Waals surface area contributed by atoms with E-state index in [0.29, 0.717) is 9.35 Å². The molecule has 0 N–H and O–H groups in total. The van der Waals surface area contributed by atoms with Crippen molar-refractivity contribution in [2.75, 3.05) is 0 Å². The third-order valence-electron chi connectivity index (χ3n) is 1.77. The molecule has 1 heterocycles. The van der Waals surface area contributed by atoms with Gasteiger partial charge in [-0.15, -0.1) is 0 Å². The minimum absolute atomic E-state index is 0.586. The van der Waals surface area contributed by atoms with Gasteiger partial charge in [0.2, 0.25) is 0 Å². The predicted molar refractivity (Wildman–Crippen MR) is 64.1 cm³/mol. The molecule has 0 aliphatic heterocycles. The fraction of sp³-hybridized carbons (Fsp3) is 0.700. The molecule has 0 aliphatic carbocycles. The van der Waals surface area contributed by atoms with Crippen molar-refractivity contribution < 1.29 is 0 Å². The Bertz CT molecular complexity index is 273. The van der Waals surface area contributed by atoms with Crippen LogP contribution in [0.15, 0.2) is 6.20 Å². The molecule has 0 saturated carbocycles. The standard InChI is InChI=1S/C6H8NS.C4H9.Sn.2H/c1-5(2)6-7-3-4-8-6;1-4(2)3;;;/h3,5H,1-2H3;1-3H3;;;. The second-order valence-corrected chi connectivity index (χ2v) is 16.9. The Labute approximate surface area is 95.2 Å². The van der Waals surface area contributed by atoms with Gasteiger partial charge in [0.15, 0.2) is 0 Å². The summed E-state index contributed by atoms with van der Waals surface area (Å²) in [5.41, 5.74) is 0. The van der Waals surface area contributed by atoms with Crippen LogP contribution in [0.25, 0.3) is 0 Å². The van der Waals surface area contributed by atoms with E-state index in [-0.39, 0.29) is 0 Å². The van der Waals surface area contributed by atoms with E-state index in [9.17, 15) is 0 Å². The van der Waals surface area contributed by atoms with E-state index in [0.717, 1.165) is 0 Å². The Morgan fingerprint density at radius 2 is 2.00 bits per heavy atom. The average Bonchev–Trinajstić information content (AvgIpc) is 2.31. The van der Waals surface area contributed by atoms with Crippen molar-refractivity contribution >= 4 is 35.4 Å². The van der Waals surface area contributed by atoms with Crippen molar-refractivity contribution in [2.24, 2.45) is 0 Å². The Kier molecular flexibility index (Phi) is 3.81. The van der Waals surface area contributed by atoms with Gasteiger partial charge >= 0.3 is 95.5 Å². The first kappa shape index (κ1) is 11.5. The zero-order valence-corrected chi connectivity index (χ0v) is 14.1. The van der Waals surface area contributed by atoms with Gasteiger partial charge in [-0.05, 0) is 0 Å². The third kappa shape index (κ3) is 3.98. The zero-order chi connectivity index (χ0) is 10.1. The molecule has 1 aromatic heterocycles. The van der Waals surface area contributed by atoms with E-state index >= 15 is 0 Å². The van der Waals surface area contributed by atoms with Crippen molar-refractivity contribution in [3.05, 3.63) is 11.2 Å². The number of hydrogen-bond acceptors (Lipinski definition) is 2. The number of aromatic nitrogens is 1. The van der Waals surface area contributed by atoms with Crippen molar-refractivity contribution in [1.82, 2.24) is 4.98 Å². The maximum absolute atomic E-state index is 4.47. The van der Waals surface area contributed by atoms with Crippen LogP contribution in [0.2, 0.25) is 3.43 Å². The molecule has 0 unspecified atom stereocenters. The van der Waals surface area contributed by atoms with E-state index in [2.05, 4.69) is 45.8 Å². The molecular formula is C10H19NSSn. The van der Waals surface area contributed by atoms with Gasteiger partial charge in [0.05, 0.1) is 0 Å². The molecule has 13 heavy (non-hydrogen) atoms. The van der Waals surface area contributed by atoms with Crippen LogP contribution in [-0.4, -0.2) is 26.1 Å². The van der Waals surface area contributed by atoms with E-state index in [1.807, 2.05) is 11.3 Å². The molecule has 1 nitrogen and oxygen atoms in total. The molecule has 0 radical (unpaired) electrons. The quantitative estimate of drug-likeness (QED) is 0.764. The second kappa shape index (κ2) is 4.30. The topological polar surface area (TPSA) is 12.9 Å². The summed E-state index contributed by atoms with van der Waals surface area (Å²) in [6, 6.07) is 0. The summed E-state index contributed by atoms with van der Waals surface area (Å²) in [5.74, 6) is 0.602. The number of thiazole rings is 1. The van der Waals surface area contributed by atoms with E-state index in [1.54, 1.807) is 2.89 Å². The maximum atomic E-state index is 4.47. The van der Waals surface area contributed by atoms with Crippen LogP contribution >= 0.6 is 11.3 Å². The van der Waals surface area contributed by atoms with Crippen LogP contribution in [0.4, 0.5) is 0 Å². The number of nitrogens with zero attached hydrogens (tertiary/aromatic N) is 1. The van der Waals surface area contributed by atoms with Crippen LogP contribution in [0.1, 0.15) is 45.5 Å². The molecule has 74 valence electrons. The summed E-state index contributed by atoms with van der Waals surface area (Å²) in [4.78, 5) is 4.47. The Hall–Kier alpha value is 0.429. The molecule has 0 atom stereocenters. The van der Waals surface area contributed by atoms with Gasteiger partial charge in [0.1, 0.15) is 0 Å². The monoisotopic (exact) mass is 305 g/mol. The van der Waals surface area contributed by atoms with Crippen molar-refractivity contribution in [3.8, 4) is 0 Å². The summed E-state index contributed by atoms with van der Waals surface area (Å²) < 4.78 is 2.21. The summed E-state index contributed by atoms with van der Waals surface area (Å²) in [7, 11) is 0. The van der Waals surface area contributed by atoms with Gasteiger partial charge in [0, 0.05) is 0 Å². The fourth-order valence-electron chi connectivity index (χ4n) is 1.19. The van der Waals surface area contributed by atoms with Crippen molar-refractivity contribution in [1.29, 1.82) is 0 Å². The normalized spacial score (nSPS) is 13.4. The first-order chi connectivity index (χ1) is 5.88. The Balaban J connectivity index is 2.70. The summed E-state index contributed by atoms with van der Waals surface area (Å²) in [6.07, 6.45) is 2.13. The van der Waals surface area contributed by atoms with Crippen LogP contribution in [-0.2, 0) is 0 Å². The molecule has 1 aromatic rings. The third-order valence-corrected chi connectivity index (χ3v) is 9.67. The predicted octanol–water partition coefficient (Wildman–Crippen LogP) is 2.28. The summed E-state index contributed by atoms with van der Waals surface area (Å²) in [5, 5.41) is 1.32. The van der Waals surface area contributed by atoms with Gasteiger partial charge in [-0.3, -0.25) is 0 Å². The molecular weight excluding hydrogens is 285 g/mol.